The van der Waals surface area contributed by atoms with Crippen molar-refractivity contribution in [1.29, 1.82) is 0 Å². The molecule has 0 amide bonds. The van der Waals surface area contributed by atoms with Gasteiger partial charge >= 0.3 is 5.97 Å². The first-order valence-corrected chi connectivity index (χ1v) is 5.80. The third kappa shape index (κ3) is 4.76. The van der Waals surface area contributed by atoms with Crippen molar-refractivity contribution in [3.8, 4) is 5.75 Å². The molecule has 0 atom stereocenters. The zero-order valence-corrected chi connectivity index (χ0v) is 10.4. The van der Waals surface area contributed by atoms with Gasteiger partial charge in [0.15, 0.2) is 0 Å². The predicted octanol–water partition coefficient (Wildman–Crippen LogP) is 2.45. The third-order valence-electron chi connectivity index (χ3n) is 2.29. The Kier molecular flexibility index (Phi) is 5.93. The zero-order chi connectivity index (χ0) is 12.5. The summed E-state index contributed by atoms with van der Waals surface area (Å²) in [6.07, 6.45) is 1.92. The smallest absolute Gasteiger partial charge is 0.325 e. The van der Waals surface area contributed by atoms with Gasteiger partial charge in [-0.1, -0.05) is 25.5 Å². The average Bonchev–Trinajstić information content (AvgIpc) is 2.37. The zero-order valence-electron chi connectivity index (χ0n) is 10.4. The van der Waals surface area contributed by atoms with Crippen LogP contribution in [0.4, 0.5) is 5.69 Å². The molecule has 0 aliphatic heterocycles. The van der Waals surface area contributed by atoms with Crippen LogP contribution in [0.15, 0.2) is 24.3 Å². The van der Waals surface area contributed by atoms with Gasteiger partial charge in [-0.3, -0.25) is 4.79 Å². The number of unbranched alkanes of at least 4 members (excludes halogenated alkanes) is 1. The van der Waals surface area contributed by atoms with Gasteiger partial charge in [0.2, 0.25) is 0 Å². The standard InChI is InChI=1S/C13H19NO3/c1-3-4-9-17-13(15)10-14-11-7-5-6-8-12(11)16-2/h5-8,14H,3-4,9-10H2,1-2H3. The highest BCUT2D eigenvalue weighted by Gasteiger charge is 2.05. The quantitative estimate of drug-likeness (QED) is 0.584. The maximum Gasteiger partial charge on any atom is 0.325 e. The molecule has 4 heteroatoms. The molecule has 0 radical (unpaired) electrons. The SMILES string of the molecule is CCCCOC(=O)CNc1ccccc1OC. The molecule has 1 aromatic rings. The maximum atomic E-state index is 11.4. The van der Waals surface area contributed by atoms with E-state index in [2.05, 4.69) is 12.2 Å². The Morgan fingerprint density at radius 1 is 1.35 bits per heavy atom. The Hall–Kier alpha value is -1.71. The van der Waals surface area contributed by atoms with E-state index in [9.17, 15) is 4.79 Å². The minimum Gasteiger partial charge on any atom is -0.495 e. The fourth-order valence-corrected chi connectivity index (χ4v) is 1.34. The first-order chi connectivity index (χ1) is 8.27. The summed E-state index contributed by atoms with van der Waals surface area (Å²) in [4.78, 5) is 11.4. The fourth-order valence-electron chi connectivity index (χ4n) is 1.34. The normalized spacial score (nSPS) is 9.76. The summed E-state index contributed by atoms with van der Waals surface area (Å²) in [6, 6.07) is 7.46. The Morgan fingerprint density at radius 3 is 2.82 bits per heavy atom. The van der Waals surface area contributed by atoms with Gasteiger partial charge in [-0.25, -0.2) is 0 Å². The largest absolute Gasteiger partial charge is 0.495 e. The lowest BCUT2D eigenvalue weighted by atomic mass is 10.3. The van der Waals surface area contributed by atoms with Gasteiger partial charge in [-0.05, 0) is 18.6 Å². The van der Waals surface area contributed by atoms with E-state index in [1.165, 1.54) is 0 Å². The molecule has 94 valence electrons. The number of anilines is 1. The van der Waals surface area contributed by atoms with Crippen LogP contribution in [0, 0.1) is 0 Å². The van der Waals surface area contributed by atoms with Gasteiger partial charge in [0.05, 0.1) is 19.4 Å². The lowest BCUT2D eigenvalue weighted by molar-refractivity contribution is -0.141. The number of benzene rings is 1. The maximum absolute atomic E-state index is 11.4. The number of carbonyl (C=O) groups excluding carboxylic acids is 1. The number of rotatable bonds is 7. The first kappa shape index (κ1) is 13.4. The monoisotopic (exact) mass is 237 g/mol. The van der Waals surface area contributed by atoms with Crippen molar-refractivity contribution in [2.75, 3.05) is 25.6 Å². The van der Waals surface area contributed by atoms with E-state index in [0.29, 0.717) is 12.4 Å². The summed E-state index contributed by atoms with van der Waals surface area (Å²) < 4.78 is 10.2. The van der Waals surface area contributed by atoms with E-state index in [1.54, 1.807) is 7.11 Å². The molecule has 0 heterocycles. The van der Waals surface area contributed by atoms with Gasteiger partial charge in [0.1, 0.15) is 12.3 Å². The Bertz CT molecular complexity index is 352. The topological polar surface area (TPSA) is 47.6 Å². The summed E-state index contributed by atoms with van der Waals surface area (Å²) in [5.41, 5.74) is 0.794. The summed E-state index contributed by atoms with van der Waals surface area (Å²) in [6.45, 7) is 2.70. The van der Waals surface area contributed by atoms with Crippen LogP contribution in [0.5, 0.6) is 5.75 Å². The molecule has 0 saturated heterocycles. The molecule has 1 rings (SSSR count). The number of hydrogen-bond donors (Lipinski definition) is 1. The van der Waals surface area contributed by atoms with Gasteiger partial charge in [-0.15, -0.1) is 0 Å². The van der Waals surface area contributed by atoms with E-state index in [-0.39, 0.29) is 12.5 Å². The minimum atomic E-state index is -0.246. The molecule has 0 unspecified atom stereocenters. The molecule has 0 aliphatic carbocycles. The molecule has 0 spiro atoms. The van der Waals surface area contributed by atoms with Crippen LogP contribution in [0.2, 0.25) is 0 Å². The lowest BCUT2D eigenvalue weighted by Gasteiger charge is -2.10. The highest BCUT2D eigenvalue weighted by Crippen LogP contribution is 2.22. The second kappa shape index (κ2) is 7.54. The first-order valence-electron chi connectivity index (χ1n) is 5.80. The molecule has 1 aromatic carbocycles. The number of para-hydroxylation sites is 2. The molecule has 0 aliphatic rings. The number of hydrogen-bond acceptors (Lipinski definition) is 4. The van der Waals surface area contributed by atoms with Crippen molar-refractivity contribution < 1.29 is 14.3 Å². The van der Waals surface area contributed by atoms with Crippen molar-refractivity contribution in [2.45, 2.75) is 19.8 Å². The molecular formula is C13H19NO3. The summed E-state index contributed by atoms with van der Waals surface area (Å²) >= 11 is 0. The summed E-state index contributed by atoms with van der Waals surface area (Å²) in [5, 5.41) is 2.99. The van der Waals surface area contributed by atoms with E-state index >= 15 is 0 Å². The van der Waals surface area contributed by atoms with Crippen LogP contribution < -0.4 is 10.1 Å². The van der Waals surface area contributed by atoms with Gasteiger partial charge in [-0.2, -0.15) is 0 Å². The van der Waals surface area contributed by atoms with Gasteiger partial charge in [0, 0.05) is 0 Å². The van der Waals surface area contributed by atoms with Crippen LogP contribution >= 0.6 is 0 Å². The third-order valence-corrected chi connectivity index (χ3v) is 2.29. The second-order valence-electron chi connectivity index (χ2n) is 3.63. The molecule has 0 fully saturated rings. The van der Waals surface area contributed by atoms with E-state index < -0.39 is 0 Å². The van der Waals surface area contributed by atoms with Crippen LogP contribution in [-0.2, 0) is 9.53 Å². The van der Waals surface area contributed by atoms with E-state index in [4.69, 9.17) is 9.47 Å². The van der Waals surface area contributed by atoms with Crippen molar-refractivity contribution in [3.63, 3.8) is 0 Å². The second-order valence-corrected chi connectivity index (χ2v) is 3.63. The highest BCUT2D eigenvalue weighted by molar-refractivity contribution is 5.75. The molecule has 17 heavy (non-hydrogen) atoms. The number of carbonyl (C=O) groups is 1. The summed E-state index contributed by atoms with van der Waals surface area (Å²) in [5.74, 6) is 0.471. The molecule has 1 N–H and O–H groups in total. The molecule has 4 nitrogen and oxygen atoms in total. The van der Waals surface area contributed by atoms with Crippen LogP contribution in [0.25, 0.3) is 0 Å². The van der Waals surface area contributed by atoms with Crippen molar-refractivity contribution in [2.24, 2.45) is 0 Å². The molecule has 0 saturated carbocycles. The lowest BCUT2D eigenvalue weighted by Crippen LogP contribution is -2.17. The van der Waals surface area contributed by atoms with Crippen molar-refractivity contribution in [1.82, 2.24) is 0 Å². The van der Waals surface area contributed by atoms with Crippen LogP contribution in [0.3, 0.4) is 0 Å². The van der Waals surface area contributed by atoms with E-state index in [0.717, 1.165) is 18.5 Å². The van der Waals surface area contributed by atoms with Crippen molar-refractivity contribution in [3.05, 3.63) is 24.3 Å². The fraction of sp³-hybridized carbons (Fsp3) is 0.462. The average molecular weight is 237 g/mol. The number of nitrogens with one attached hydrogen (secondary N) is 1. The Balaban J connectivity index is 2.36. The number of esters is 1. The summed E-state index contributed by atoms with van der Waals surface area (Å²) in [7, 11) is 1.60. The Morgan fingerprint density at radius 2 is 2.12 bits per heavy atom. The van der Waals surface area contributed by atoms with E-state index in [1.807, 2.05) is 24.3 Å². The van der Waals surface area contributed by atoms with Crippen LogP contribution in [0.1, 0.15) is 19.8 Å². The molecular weight excluding hydrogens is 218 g/mol. The predicted molar refractivity (Wildman–Crippen MR) is 67.4 cm³/mol. The van der Waals surface area contributed by atoms with Gasteiger partial charge < -0.3 is 14.8 Å². The molecule has 0 aromatic heterocycles. The molecule has 0 bridgehead atoms. The number of ether oxygens (including phenoxy) is 2. The number of methoxy groups -OCH3 is 1. The highest BCUT2D eigenvalue weighted by atomic mass is 16.5. The minimum absolute atomic E-state index is 0.157. The Labute approximate surface area is 102 Å². The van der Waals surface area contributed by atoms with Crippen LogP contribution in [-0.4, -0.2) is 26.2 Å². The van der Waals surface area contributed by atoms with Crippen molar-refractivity contribution >= 4 is 11.7 Å². The van der Waals surface area contributed by atoms with Gasteiger partial charge in [0.25, 0.3) is 0 Å².